The molecule has 150 valence electrons. The highest BCUT2D eigenvalue weighted by Gasteiger charge is 2.16. The van der Waals surface area contributed by atoms with E-state index in [0.717, 1.165) is 16.8 Å². The number of nitrogens with zero attached hydrogens (tertiary/aromatic N) is 4. The highest BCUT2D eigenvalue weighted by Crippen LogP contribution is 2.25. The van der Waals surface area contributed by atoms with Gasteiger partial charge in [-0.05, 0) is 42.0 Å². The molecule has 6 nitrogen and oxygen atoms in total. The molecule has 0 aliphatic rings. The minimum Gasteiger partial charge on any atom is -0.325 e. The topological polar surface area (TPSA) is 72.7 Å². The first kappa shape index (κ1) is 19.8. The molecule has 0 fully saturated rings. The summed E-state index contributed by atoms with van der Waals surface area (Å²) in [6.45, 7) is 0.445. The Hall–Kier alpha value is -3.52. The molecule has 0 saturated heterocycles. The third kappa shape index (κ3) is 4.90. The Labute approximate surface area is 177 Å². The molecule has 0 aliphatic carbocycles. The number of thioether (sulfide) groups is 1. The van der Waals surface area contributed by atoms with E-state index in [1.807, 2.05) is 47.0 Å². The number of hydrogen-bond donors (Lipinski definition) is 1. The molecule has 0 saturated carbocycles. The lowest BCUT2D eigenvalue weighted by molar-refractivity contribution is -0.113. The maximum atomic E-state index is 13.3. The van der Waals surface area contributed by atoms with Crippen LogP contribution in [0.1, 0.15) is 5.56 Å². The predicted molar refractivity (Wildman–Crippen MR) is 115 cm³/mol. The summed E-state index contributed by atoms with van der Waals surface area (Å²) < 4.78 is 15.2. The fourth-order valence-electron chi connectivity index (χ4n) is 2.87. The van der Waals surface area contributed by atoms with Crippen molar-refractivity contribution in [3.8, 4) is 11.4 Å². The zero-order valence-corrected chi connectivity index (χ0v) is 16.7. The second-order valence-electron chi connectivity index (χ2n) is 6.46. The lowest BCUT2D eigenvalue weighted by Gasteiger charge is -2.10. The van der Waals surface area contributed by atoms with Crippen molar-refractivity contribution in [2.75, 3.05) is 11.1 Å². The van der Waals surface area contributed by atoms with Gasteiger partial charge in [-0.2, -0.15) is 0 Å². The van der Waals surface area contributed by atoms with Gasteiger partial charge in [-0.15, -0.1) is 10.2 Å². The van der Waals surface area contributed by atoms with Gasteiger partial charge in [0, 0.05) is 23.6 Å². The Morgan fingerprint density at radius 3 is 2.53 bits per heavy atom. The number of halogens is 1. The molecule has 0 unspecified atom stereocenters. The molecule has 4 aromatic rings. The summed E-state index contributed by atoms with van der Waals surface area (Å²) in [5.41, 5.74) is 2.46. The minimum atomic E-state index is -0.290. The van der Waals surface area contributed by atoms with E-state index in [2.05, 4.69) is 20.5 Å². The van der Waals surface area contributed by atoms with Crippen molar-refractivity contribution in [2.45, 2.75) is 11.7 Å². The van der Waals surface area contributed by atoms with Gasteiger partial charge in [0.15, 0.2) is 11.0 Å². The fourth-order valence-corrected chi connectivity index (χ4v) is 3.61. The molecular weight excluding hydrogens is 401 g/mol. The van der Waals surface area contributed by atoms with Crippen LogP contribution in [-0.4, -0.2) is 31.4 Å². The van der Waals surface area contributed by atoms with Gasteiger partial charge in [-0.25, -0.2) is 4.39 Å². The number of aromatic nitrogens is 4. The van der Waals surface area contributed by atoms with Crippen LogP contribution in [0.3, 0.4) is 0 Å². The summed E-state index contributed by atoms with van der Waals surface area (Å²) in [6.07, 6.45) is 3.40. The van der Waals surface area contributed by atoms with E-state index < -0.39 is 0 Å². The van der Waals surface area contributed by atoms with Crippen molar-refractivity contribution in [1.82, 2.24) is 19.7 Å². The average Bonchev–Trinajstić information content (AvgIpc) is 3.17. The molecule has 0 bridgehead atoms. The van der Waals surface area contributed by atoms with Crippen molar-refractivity contribution in [3.05, 3.63) is 90.5 Å². The Morgan fingerprint density at radius 2 is 1.80 bits per heavy atom. The van der Waals surface area contributed by atoms with Crippen molar-refractivity contribution in [3.63, 3.8) is 0 Å². The summed E-state index contributed by atoms with van der Waals surface area (Å²) in [5.74, 6) is 0.398. The first-order chi connectivity index (χ1) is 14.7. The fraction of sp³-hybridized carbons (Fsp3) is 0.0909. The van der Waals surface area contributed by atoms with E-state index >= 15 is 0 Å². The largest absolute Gasteiger partial charge is 0.325 e. The molecule has 2 aromatic heterocycles. The van der Waals surface area contributed by atoms with Crippen LogP contribution < -0.4 is 5.32 Å². The SMILES string of the molecule is O=C(CSc1nnc(-c2cccnc2)n1Cc1ccc(F)cc1)Nc1ccccc1. The van der Waals surface area contributed by atoms with Crippen LogP contribution >= 0.6 is 11.8 Å². The van der Waals surface area contributed by atoms with Gasteiger partial charge in [-0.1, -0.05) is 42.1 Å². The Balaban J connectivity index is 1.55. The summed E-state index contributed by atoms with van der Waals surface area (Å²) in [7, 11) is 0. The number of benzene rings is 2. The monoisotopic (exact) mass is 419 g/mol. The number of pyridine rings is 1. The van der Waals surface area contributed by atoms with E-state index in [1.165, 1.54) is 23.9 Å². The van der Waals surface area contributed by atoms with Crippen molar-refractivity contribution >= 4 is 23.4 Å². The van der Waals surface area contributed by atoms with Crippen LogP contribution in [0.25, 0.3) is 11.4 Å². The third-order valence-electron chi connectivity index (χ3n) is 4.28. The molecule has 0 spiro atoms. The Morgan fingerprint density at radius 1 is 1.00 bits per heavy atom. The predicted octanol–water partition coefficient (Wildman–Crippen LogP) is 4.26. The lowest BCUT2D eigenvalue weighted by Crippen LogP contribution is -2.14. The van der Waals surface area contributed by atoms with E-state index in [9.17, 15) is 9.18 Å². The molecule has 4 rings (SSSR count). The number of rotatable bonds is 7. The quantitative estimate of drug-likeness (QED) is 0.453. The molecule has 0 atom stereocenters. The van der Waals surface area contributed by atoms with Crippen LogP contribution in [-0.2, 0) is 11.3 Å². The van der Waals surface area contributed by atoms with E-state index in [1.54, 1.807) is 24.5 Å². The molecule has 8 heteroatoms. The molecule has 2 heterocycles. The van der Waals surface area contributed by atoms with Gasteiger partial charge in [0.05, 0.1) is 12.3 Å². The van der Waals surface area contributed by atoms with Gasteiger partial charge in [0.1, 0.15) is 5.82 Å². The van der Waals surface area contributed by atoms with E-state index in [4.69, 9.17) is 0 Å². The number of amides is 1. The van der Waals surface area contributed by atoms with E-state index in [-0.39, 0.29) is 17.5 Å². The van der Waals surface area contributed by atoms with Crippen molar-refractivity contribution in [1.29, 1.82) is 0 Å². The van der Waals surface area contributed by atoms with Crippen molar-refractivity contribution in [2.24, 2.45) is 0 Å². The Kier molecular flexibility index (Phi) is 6.14. The number of hydrogen-bond acceptors (Lipinski definition) is 5. The number of carbonyl (C=O) groups excluding carboxylic acids is 1. The van der Waals surface area contributed by atoms with Gasteiger partial charge in [0.2, 0.25) is 5.91 Å². The maximum Gasteiger partial charge on any atom is 0.234 e. The summed E-state index contributed by atoms with van der Waals surface area (Å²) >= 11 is 1.30. The standard InChI is InChI=1S/C22H18FN5OS/c23-18-10-8-16(9-11-18)14-28-21(17-5-4-12-24-13-17)26-27-22(28)30-15-20(29)25-19-6-2-1-3-7-19/h1-13H,14-15H2,(H,25,29). The third-order valence-corrected chi connectivity index (χ3v) is 5.25. The van der Waals surface area contributed by atoms with Crippen LogP contribution in [0.15, 0.2) is 84.3 Å². The second-order valence-corrected chi connectivity index (χ2v) is 7.41. The molecule has 2 aromatic carbocycles. The van der Waals surface area contributed by atoms with Crippen LogP contribution in [0.4, 0.5) is 10.1 Å². The van der Waals surface area contributed by atoms with Gasteiger partial charge in [-0.3, -0.25) is 14.3 Å². The molecule has 0 aliphatic heterocycles. The number of anilines is 1. The first-order valence-electron chi connectivity index (χ1n) is 9.25. The average molecular weight is 419 g/mol. The van der Waals surface area contributed by atoms with Crippen LogP contribution in [0, 0.1) is 5.82 Å². The lowest BCUT2D eigenvalue weighted by atomic mass is 10.2. The van der Waals surface area contributed by atoms with Gasteiger partial charge < -0.3 is 5.32 Å². The number of para-hydroxylation sites is 1. The number of nitrogens with one attached hydrogen (secondary N) is 1. The zero-order chi connectivity index (χ0) is 20.8. The molecule has 1 amide bonds. The second kappa shape index (κ2) is 9.32. The zero-order valence-electron chi connectivity index (χ0n) is 15.9. The summed E-state index contributed by atoms with van der Waals surface area (Å²) in [6, 6.07) is 19.3. The minimum absolute atomic E-state index is 0.134. The summed E-state index contributed by atoms with van der Waals surface area (Å²) in [4.78, 5) is 16.5. The molecule has 1 N–H and O–H groups in total. The van der Waals surface area contributed by atoms with Gasteiger partial charge >= 0.3 is 0 Å². The smallest absolute Gasteiger partial charge is 0.234 e. The summed E-state index contributed by atoms with van der Waals surface area (Å²) in [5, 5.41) is 12.0. The molecular formula is C22H18FN5OS. The van der Waals surface area contributed by atoms with Crippen LogP contribution in [0.5, 0.6) is 0 Å². The maximum absolute atomic E-state index is 13.3. The number of carbonyl (C=O) groups is 1. The molecule has 0 radical (unpaired) electrons. The highest BCUT2D eigenvalue weighted by molar-refractivity contribution is 7.99. The normalized spacial score (nSPS) is 10.7. The Bertz CT molecular complexity index is 1120. The molecule has 30 heavy (non-hydrogen) atoms. The van der Waals surface area contributed by atoms with E-state index in [0.29, 0.717) is 17.5 Å². The highest BCUT2D eigenvalue weighted by atomic mass is 32.2. The van der Waals surface area contributed by atoms with Gasteiger partial charge in [0.25, 0.3) is 0 Å². The van der Waals surface area contributed by atoms with Crippen molar-refractivity contribution < 1.29 is 9.18 Å². The van der Waals surface area contributed by atoms with Crippen LogP contribution in [0.2, 0.25) is 0 Å². The first-order valence-corrected chi connectivity index (χ1v) is 10.2.